The third-order valence-electron chi connectivity index (χ3n) is 2.39. The Kier molecular flexibility index (Phi) is 5.79. The highest BCUT2D eigenvalue weighted by atomic mass is 14.1. The molecule has 0 nitrogen and oxygen atoms in total. The molecule has 70 valence electrons. The first-order chi connectivity index (χ1) is 5.61. The molecule has 0 aromatic rings. The largest absolute Gasteiger partial charge is 0.0958 e. The molecule has 0 aliphatic rings. The van der Waals surface area contributed by atoms with Crippen molar-refractivity contribution in [2.75, 3.05) is 0 Å². The van der Waals surface area contributed by atoms with Gasteiger partial charge in [0.25, 0.3) is 0 Å². The fourth-order valence-electron chi connectivity index (χ4n) is 1.18. The minimum Gasteiger partial charge on any atom is -0.0958 e. The first-order valence-corrected chi connectivity index (χ1v) is 4.97. The number of hydrogen-bond acceptors (Lipinski definition) is 0. The molecule has 0 bridgehead atoms. The molecule has 0 saturated heterocycles. The molecule has 0 aromatic carbocycles. The molecule has 12 heavy (non-hydrogen) atoms. The lowest BCUT2D eigenvalue weighted by Gasteiger charge is -2.09. The number of rotatable bonds is 5. The second-order valence-corrected chi connectivity index (χ2v) is 3.61. The second kappa shape index (κ2) is 6.05. The molecule has 0 amide bonds. The smallest absolute Gasteiger partial charge is 0.0234 e. The van der Waals surface area contributed by atoms with E-state index in [1.807, 2.05) is 0 Å². The summed E-state index contributed by atoms with van der Waals surface area (Å²) in [5.74, 6) is 0.707. The summed E-state index contributed by atoms with van der Waals surface area (Å²) in [6, 6.07) is 0. The SMILES string of the molecule is C=C(C=C(C)C(C)CC)CCC. The molecule has 1 unspecified atom stereocenters. The lowest BCUT2D eigenvalue weighted by molar-refractivity contribution is 0.654. The van der Waals surface area contributed by atoms with Crippen LogP contribution in [0.3, 0.4) is 0 Å². The van der Waals surface area contributed by atoms with E-state index in [0.29, 0.717) is 5.92 Å². The maximum atomic E-state index is 4.02. The van der Waals surface area contributed by atoms with Crippen LogP contribution in [0.15, 0.2) is 23.8 Å². The van der Waals surface area contributed by atoms with E-state index in [1.165, 1.54) is 24.0 Å². The summed E-state index contributed by atoms with van der Waals surface area (Å²) in [6.45, 7) is 12.9. The van der Waals surface area contributed by atoms with Crippen molar-refractivity contribution in [1.29, 1.82) is 0 Å². The van der Waals surface area contributed by atoms with Gasteiger partial charge in [0.15, 0.2) is 0 Å². The Bertz CT molecular complexity index is 163. The van der Waals surface area contributed by atoms with Crippen LogP contribution in [0, 0.1) is 5.92 Å². The number of allylic oxidation sites excluding steroid dienone is 3. The summed E-state index contributed by atoms with van der Waals surface area (Å²) >= 11 is 0. The van der Waals surface area contributed by atoms with Crippen LogP contribution in [-0.4, -0.2) is 0 Å². The summed E-state index contributed by atoms with van der Waals surface area (Å²) in [5, 5.41) is 0. The maximum absolute atomic E-state index is 4.02. The fourth-order valence-corrected chi connectivity index (χ4v) is 1.18. The molecule has 1 atom stereocenters. The van der Waals surface area contributed by atoms with Crippen molar-refractivity contribution in [1.82, 2.24) is 0 Å². The quantitative estimate of drug-likeness (QED) is 0.533. The van der Waals surface area contributed by atoms with E-state index in [-0.39, 0.29) is 0 Å². The molecule has 0 N–H and O–H groups in total. The Balaban J connectivity index is 4.05. The van der Waals surface area contributed by atoms with Gasteiger partial charge in [-0.2, -0.15) is 0 Å². The molecule has 0 aromatic heterocycles. The Labute approximate surface area is 77.4 Å². The summed E-state index contributed by atoms with van der Waals surface area (Å²) in [5.41, 5.74) is 2.74. The van der Waals surface area contributed by atoms with Crippen LogP contribution >= 0.6 is 0 Å². The third kappa shape index (κ3) is 4.38. The first-order valence-electron chi connectivity index (χ1n) is 4.97. The van der Waals surface area contributed by atoms with Crippen molar-refractivity contribution in [3.8, 4) is 0 Å². The van der Waals surface area contributed by atoms with E-state index in [2.05, 4.69) is 40.3 Å². The minimum atomic E-state index is 0.707. The van der Waals surface area contributed by atoms with E-state index < -0.39 is 0 Å². The van der Waals surface area contributed by atoms with Crippen LogP contribution in [0.2, 0.25) is 0 Å². The molecule has 0 heteroatoms. The van der Waals surface area contributed by atoms with Gasteiger partial charge in [0.05, 0.1) is 0 Å². The van der Waals surface area contributed by atoms with Gasteiger partial charge in [-0.1, -0.05) is 51.0 Å². The highest BCUT2D eigenvalue weighted by Crippen LogP contribution is 2.16. The first kappa shape index (κ1) is 11.5. The monoisotopic (exact) mass is 166 g/mol. The van der Waals surface area contributed by atoms with E-state index in [1.54, 1.807) is 0 Å². The molecule has 0 spiro atoms. The molecule has 0 heterocycles. The van der Waals surface area contributed by atoms with Gasteiger partial charge in [-0.3, -0.25) is 0 Å². The van der Waals surface area contributed by atoms with Crippen LogP contribution in [0.4, 0.5) is 0 Å². The second-order valence-electron chi connectivity index (χ2n) is 3.61. The predicted molar refractivity (Wildman–Crippen MR) is 57.3 cm³/mol. The van der Waals surface area contributed by atoms with Gasteiger partial charge < -0.3 is 0 Å². The van der Waals surface area contributed by atoms with E-state index in [4.69, 9.17) is 0 Å². The molecule has 0 aliphatic heterocycles. The van der Waals surface area contributed by atoms with E-state index >= 15 is 0 Å². The Morgan fingerprint density at radius 1 is 1.42 bits per heavy atom. The van der Waals surface area contributed by atoms with E-state index in [0.717, 1.165) is 6.42 Å². The number of hydrogen-bond donors (Lipinski definition) is 0. The average Bonchev–Trinajstić information content (AvgIpc) is 2.03. The van der Waals surface area contributed by atoms with Crippen molar-refractivity contribution in [2.45, 2.75) is 47.0 Å². The minimum absolute atomic E-state index is 0.707. The van der Waals surface area contributed by atoms with Crippen LogP contribution in [0.1, 0.15) is 47.0 Å². The molecular weight excluding hydrogens is 144 g/mol. The van der Waals surface area contributed by atoms with E-state index in [9.17, 15) is 0 Å². The Morgan fingerprint density at radius 3 is 2.42 bits per heavy atom. The summed E-state index contributed by atoms with van der Waals surface area (Å²) < 4.78 is 0. The zero-order valence-electron chi connectivity index (χ0n) is 8.98. The van der Waals surface area contributed by atoms with Gasteiger partial charge in [0, 0.05) is 0 Å². The molecule has 0 saturated carbocycles. The maximum Gasteiger partial charge on any atom is -0.0234 e. The lowest BCUT2D eigenvalue weighted by Crippen LogP contribution is -1.93. The van der Waals surface area contributed by atoms with Gasteiger partial charge in [0.2, 0.25) is 0 Å². The summed E-state index contributed by atoms with van der Waals surface area (Å²) in [7, 11) is 0. The summed E-state index contributed by atoms with van der Waals surface area (Å²) in [4.78, 5) is 0. The van der Waals surface area contributed by atoms with Crippen LogP contribution < -0.4 is 0 Å². The third-order valence-corrected chi connectivity index (χ3v) is 2.39. The normalized spacial score (nSPS) is 14.5. The van der Waals surface area contributed by atoms with Crippen molar-refractivity contribution in [3.05, 3.63) is 23.8 Å². The lowest BCUT2D eigenvalue weighted by atomic mass is 9.97. The molecule has 0 radical (unpaired) electrons. The van der Waals surface area contributed by atoms with Gasteiger partial charge in [-0.15, -0.1) is 0 Å². The Morgan fingerprint density at radius 2 is 2.00 bits per heavy atom. The topological polar surface area (TPSA) is 0 Å². The Hall–Kier alpha value is -0.520. The van der Waals surface area contributed by atoms with Crippen LogP contribution in [0.25, 0.3) is 0 Å². The van der Waals surface area contributed by atoms with Crippen molar-refractivity contribution in [2.24, 2.45) is 5.92 Å². The van der Waals surface area contributed by atoms with Gasteiger partial charge in [-0.05, 0) is 25.7 Å². The predicted octanol–water partition coefficient (Wildman–Crippen LogP) is 4.34. The van der Waals surface area contributed by atoms with Gasteiger partial charge in [-0.25, -0.2) is 0 Å². The zero-order valence-corrected chi connectivity index (χ0v) is 8.98. The summed E-state index contributed by atoms with van der Waals surface area (Å²) in [6.07, 6.45) is 5.80. The van der Waals surface area contributed by atoms with Crippen molar-refractivity contribution in [3.63, 3.8) is 0 Å². The average molecular weight is 166 g/mol. The van der Waals surface area contributed by atoms with Crippen LogP contribution in [0.5, 0.6) is 0 Å². The highest BCUT2D eigenvalue weighted by molar-refractivity contribution is 5.20. The highest BCUT2D eigenvalue weighted by Gasteiger charge is 2.00. The van der Waals surface area contributed by atoms with Gasteiger partial charge >= 0.3 is 0 Å². The molecule has 0 aliphatic carbocycles. The standard InChI is InChI=1S/C12H22/c1-6-8-10(3)9-12(5)11(4)7-2/h9,11H,3,6-8H2,1-2,4-5H3. The fraction of sp³-hybridized carbons (Fsp3) is 0.667. The molecular formula is C12H22. The van der Waals surface area contributed by atoms with Crippen molar-refractivity contribution < 1.29 is 0 Å². The zero-order chi connectivity index (χ0) is 9.56. The van der Waals surface area contributed by atoms with Gasteiger partial charge in [0.1, 0.15) is 0 Å². The van der Waals surface area contributed by atoms with Crippen LogP contribution in [-0.2, 0) is 0 Å². The molecule has 0 rings (SSSR count). The van der Waals surface area contributed by atoms with Crippen molar-refractivity contribution >= 4 is 0 Å². The molecule has 0 fully saturated rings.